The van der Waals surface area contributed by atoms with Gasteiger partial charge in [0.25, 0.3) is 5.91 Å². The van der Waals surface area contributed by atoms with Gasteiger partial charge in [-0.2, -0.15) is 0 Å². The summed E-state index contributed by atoms with van der Waals surface area (Å²) in [6.07, 6.45) is 6.15. The van der Waals surface area contributed by atoms with Crippen molar-refractivity contribution >= 4 is 29.5 Å². The topological polar surface area (TPSA) is 84.5 Å². The Morgan fingerprint density at radius 1 is 1.20 bits per heavy atom. The van der Waals surface area contributed by atoms with Crippen molar-refractivity contribution < 1.29 is 19.1 Å². The molecule has 140 valence electrons. The normalized spacial score (nSPS) is 36.6. The molecule has 0 radical (unpaired) electrons. The van der Waals surface area contributed by atoms with Crippen molar-refractivity contribution in [1.29, 1.82) is 0 Å². The molecular weight excluding hydrogens is 344 g/mol. The quantitative estimate of drug-likeness (QED) is 0.575. The lowest BCUT2D eigenvalue weighted by Gasteiger charge is -2.58. The molecule has 0 aromatic heterocycles. The first-order valence-corrected chi connectivity index (χ1v) is 9.58. The molecular formula is C18H27ClN2O4. The SMILES string of the molecule is CC[C@H](C)NC(=O)NC(=O)COC(=O)C12C[C@@H]3C[C@@H](CC(Cl)(C3)C1)C2. The molecule has 4 fully saturated rings. The fourth-order valence-electron chi connectivity index (χ4n) is 5.20. The highest BCUT2D eigenvalue weighted by molar-refractivity contribution is 6.24. The van der Waals surface area contributed by atoms with Gasteiger partial charge in [0, 0.05) is 10.9 Å². The molecule has 2 unspecified atom stereocenters. The van der Waals surface area contributed by atoms with E-state index < -0.39 is 24.0 Å². The monoisotopic (exact) mass is 370 g/mol. The number of hydrogen-bond acceptors (Lipinski definition) is 4. The summed E-state index contributed by atoms with van der Waals surface area (Å²) in [5.41, 5.74) is -0.537. The van der Waals surface area contributed by atoms with Crippen LogP contribution in [0.25, 0.3) is 0 Å². The number of amides is 3. The fourth-order valence-corrected chi connectivity index (χ4v) is 5.89. The second kappa shape index (κ2) is 6.78. The van der Waals surface area contributed by atoms with Crippen LogP contribution in [0.1, 0.15) is 58.8 Å². The molecule has 0 aromatic rings. The van der Waals surface area contributed by atoms with Gasteiger partial charge >= 0.3 is 12.0 Å². The van der Waals surface area contributed by atoms with Crippen LogP contribution in [-0.2, 0) is 14.3 Å². The summed E-state index contributed by atoms with van der Waals surface area (Å²) in [5.74, 6) is 0.0337. The summed E-state index contributed by atoms with van der Waals surface area (Å²) >= 11 is 6.72. The maximum absolute atomic E-state index is 12.7. The van der Waals surface area contributed by atoms with Gasteiger partial charge in [0.2, 0.25) is 0 Å². The molecule has 0 aromatic carbocycles. The number of carbonyl (C=O) groups excluding carboxylic acids is 3. The Bertz CT molecular complexity index is 565. The van der Waals surface area contributed by atoms with Crippen LogP contribution in [0.5, 0.6) is 0 Å². The molecule has 0 aliphatic heterocycles. The maximum atomic E-state index is 12.7. The van der Waals surface area contributed by atoms with Crippen molar-refractivity contribution in [2.75, 3.05) is 6.61 Å². The zero-order valence-electron chi connectivity index (χ0n) is 14.9. The predicted molar refractivity (Wildman–Crippen MR) is 93.1 cm³/mol. The average Bonchev–Trinajstić information content (AvgIpc) is 2.49. The first-order chi connectivity index (χ1) is 11.7. The number of rotatable bonds is 5. The van der Waals surface area contributed by atoms with Crippen molar-refractivity contribution in [3.63, 3.8) is 0 Å². The van der Waals surface area contributed by atoms with Gasteiger partial charge in [-0.1, -0.05) is 6.92 Å². The van der Waals surface area contributed by atoms with Gasteiger partial charge in [-0.3, -0.25) is 14.9 Å². The van der Waals surface area contributed by atoms with E-state index in [0.717, 1.165) is 38.5 Å². The second-order valence-corrected chi connectivity index (χ2v) is 9.10. The van der Waals surface area contributed by atoms with Crippen LogP contribution in [-0.4, -0.2) is 35.4 Å². The van der Waals surface area contributed by atoms with Crippen LogP contribution in [0.2, 0.25) is 0 Å². The molecule has 4 aliphatic rings. The Morgan fingerprint density at radius 2 is 1.84 bits per heavy atom. The van der Waals surface area contributed by atoms with Crippen molar-refractivity contribution in [3.05, 3.63) is 0 Å². The van der Waals surface area contributed by atoms with Gasteiger partial charge in [0.15, 0.2) is 6.61 Å². The number of esters is 1. The number of urea groups is 1. The number of nitrogens with one attached hydrogen (secondary N) is 2. The zero-order chi connectivity index (χ0) is 18.2. The first kappa shape index (κ1) is 18.5. The van der Waals surface area contributed by atoms with Crippen molar-refractivity contribution in [3.8, 4) is 0 Å². The molecule has 0 heterocycles. The van der Waals surface area contributed by atoms with E-state index in [-0.39, 0.29) is 16.9 Å². The lowest BCUT2D eigenvalue weighted by molar-refractivity contribution is -0.171. The lowest BCUT2D eigenvalue weighted by atomic mass is 9.49. The van der Waals surface area contributed by atoms with Gasteiger partial charge in [0.1, 0.15) is 0 Å². The number of hydrogen-bond donors (Lipinski definition) is 2. The van der Waals surface area contributed by atoms with Crippen LogP contribution in [0.15, 0.2) is 0 Å². The Hall–Kier alpha value is -1.30. The zero-order valence-corrected chi connectivity index (χ0v) is 15.7. The maximum Gasteiger partial charge on any atom is 0.321 e. The summed E-state index contributed by atoms with van der Waals surface area (Å²) < 4.78 is 5.28. The number of halogens is 1. The molecule has 3 amide bonds. The molecule has 2 N–H and O–H groups in total. The highest BCUT2D eigenvalue weighted by Crippen LogP contribution is 2.64. The number of ether oxygens (including phenoxy) is 1. The van der Waals surface area contributed by atoms with Crippen molar-refractivity contribution in [2.24, 2.45) is 17.3 Å². The average molecular weight is 371 g/mol. The number of carbonyl (C=O) groups is 3. The Kier molecular flexibility index (Phi) is 5.02. The molecule has 5 atom stereocenters. The molecule has 4 saturated carbocycles. The minimum absolute atomic E-state index is 0.0257. The van der Waals surface area contributed by atoms with Gasteiger partial charge in [0.05, 0.1) is 5.41 Å². The van der Waals surface area contributed by atoms with Crippen molar-refractivity contribution in [2.45, 2.75) is 69.7 Å². The molecule has 4 aliphatic carbocycles. The minimum atomic E-state index is -0.612. The van der Waals surface area contributed by atoms with E-state index in [9.17, 15) is 14.4 Å². The third-order valence-electron chi connectivity index (χ3n) is 6.00. The van der Waals surface area contributed by atoms with E-state index in [1.807, 2.05) is 13.8 Å². The van der Waals surface area contributed by atoms with Gasteiger partial charge in [-0.15, -0.1) is 11.6 Å². The third-order valence-corrected chi connectivity index (χ3v) is 6.44. The number of alkyl halides is 1. The number of imide groups is 1. The lowest BCUT2D eigenvalue weighted by Crippen LogP contribution is -2.56. The van der Waals surface area contributed by atoms with Crippen molar-refractivity contribution in [1.82, 2.24) is 10.6 Å². The van der Waals surface area contributed by atoms with E-state index in [4.69, 9.17) is 16.3 Å². The summed E-state index contributed by atoms with van der Waals surface area (Å²) in [6.45, 7) is 3.35. The molecule has 4 bridgehead atoms. The molecule has 25 heavy (non-hydrogen) atoms. The highest BCUT2D eigenvalue weighted by Gasteiger charge is 2.60. The Labute approximate surface area is 153 Å². The molecule has 7 heteroatoms. The summed E-state index contributed by atoms with van der Waals surface area (Å²) in [7, 11) is 0. The van der Waals surface area contributed by atoms with Crippen LogP contribution < -0.4 is 10.6 Å². The second-order valence-electron chi connectivity index (χ2n) is 8.30. The summed E-state index contributed by atoms with van der Waals surface area (Å²) in [4.78, 5) is 35.9. The first-order valence-electron chi connectivity index (χ1n) is 9.20. The van der Waals surface area contributed by atoms with E-state index in [0.29, 0.717) is 18.3 Å². The Balaban J connectivity index is 1.51. The van der Waals surface area contributed by atoms with E-state index in [1.54, 1.807) is 0 Å². The van der Waals surface area contributed by atoms with E-state index in [1.165, 1.54) is 0 Å². The van der Waals surface area contributed by atoms with Crippen LogP contribution in [0, 0.1) is 17.3 Å². The van der Waals surface area contributed by atoms with Gasteiger partial charge in [-0.25, -0.2) is 4.79 Å². The van der Waals surface area contributed by atoms with Gasteiger partial charge in [-0.05, 0) is 63.7 Å². The smallest absolute Gasteiger partial charge is 0.321 e. The highest BCUT2D eigenvalue weighted by atomic mass is 35.5. The largest absolute Gasteiger partial charge is 0.455 e. The minimum Gasteiger partial charge on any atom is -0.455 e. The molecule has 0 saturated heterocycles. The summed E-state index contributed by atoms with van der Waals surface area (Å²) in [6, 6.07) is -0.591. The Morgan fingerprint density at radius 3 is 2.40 bits per heavy atom. The standard InChI is InChI=1S/C18H27ClN2O4/c1-3-11(2)20-16(24)21-14(22)9-25-15(23)17-5-12-4-13(6-17)8-18(19,7-12)10-17/h11-13H,3-10H2,1-2H3,(H2,20,21,22,24)/t11-,12-,13+,17?,18?/m0/s1. The predicted octanol–water partition coefficient (Wildman–Crippen LogP) is 2.73. The molecule has 0 spiro atoms. The van der Waals surface area contributed by atoms with E-state index in [2.05, 4.69) is 10.6 Å². The van der Waals surface area contributed by atoms with Crippen LogP contribution in [0.4, 0.5) is 4.79 Å². The van der Waals surface area contributed by atoms with E-state index >= 15 is 0 Å². The van der Waals surface area contributed by atoms with Gasteiger partial charge < -0.3 is 10.1 Å². The third kappa shape index (κ3) is 3.94. The molecule has 4 rings (SSSR count). The fraction of sp³-hybridized carbons (Fsp3) is 0.833. The van der Waals surface area contributed by atoms with Crippen LogP contribution in [0.3, 0.4) is 0 Å². The van der Waals surface area contributed by atoms with Crippen LogP contribution >= 0.6 is 11.6 Å². The summed E-state index contributed by atoms with van der Waals surface area (Å²) in [5, 5.41) is 4.82. The molecule has 6 nitrogen and oxygen atoms in total.